The van der Waals surface area contributed by atoms with E-state index in [1.807, 2.05) is 38.1 Å². The van der Waals surface area contributed by atoms with Gasteiger partial charge in [0.05, 0.1) is 10.7 Å². The average molecular weight is 263 g/mol. The van der Waals surface area contributed by atoms with Crippen LogP contribution in [0.25, 0.3) is 0 Å². The number of nitrogens with one attached hydrogen (secondary N) is 2. The third-order valence-electron chi connectivity index (χ3n) is 2.47. The Morgan fingerprint density at radius 2 is 1.89 bits per heavy atom. The van der Waals surface area contributed by atoms with Crippen molar-refractivity contribution in [3.63, 3.8) is 0 Å². The van der Waals surface area contributed by atoms with Crippen LogP contribution in [-0.4, -0.2) is 17.0 Å². The van der Waals surface area contributed by atoms with Crippen LogP contribution in [-0.2, 0) is 0 Å². The molecule has 0 saturated heterocycles. The predicted molar refractivity (Wildman–Crippen MR) is 75.8 cm³/mol. The maximum absolute atomic E-state index is 6.17. The van der Waals surface area contributed by atoms with Crippen LogP contribution < -0.4 is 10.6 Å². The summed E-state index contributed by atoms with van der Waals surface area (Å²) in [4.78, 5) is 8.55. The minimum atomic E-state index is 0.584. The molecule has 0 unspecified atom stereocenters. The number of aromatic nitrogens is 2. The van der Waals surface area contributed by atoms with Gasteiger partial charge in [-0.05, 0) is 31.5 Å². The zero-order chi connectivity index (χ0) is 13.1. The van der Waals surface area contributed by atoms with E-state index in [4.69, 9.17) is 11.6 Å². The first kappa shape index (κ1) is 12.6. The minimum absolute atomic E-state index is 0.584. The zero-order valence-corrected chi connectivity index (χ0v) is 11.3. The monoisotopic (exact) mass is 262 g/mol. The fourth-order valence-corrected chi connectivity index (χ4v) is 1.89. The molecule has 18 heavy (non-hydrogen) atoms. The molecule has 0 aliphatic heterocycles. The van der Waals surface area contributed by atoms with Crippen molar-refractivity contribution in [2.24, 2.45) is 0 Å². The van der Waals surface area contributed by atoms with Gasteiger partial charge >= 0.3 is 0 Å². The van der Waals surface area contributed by atoms with Gasteiger partial charge in [0.15, 0.2) is 0 Å². The highest BCUT2D eigenvalue weighted by molar-refractivity contribution is 6.33. The predicted octanol–water partition coefficient (Wildman–Crippen LogP) is 3.53. The summed E-state index contributed by atoms with van der Waals surface area (Å²) < 4.78 is 0. The Kier molecular flexibility index (Phi) is 3.67. The summed E-state index contributed by atoms with van der Waals surface area (Å²) in [6.07, 6.45) is 0. The molecule has 2 N–H and O–H groups in total. The van der Waals surface area contributed by atoms with Crippen LogP contribution in [0.5, 0.6) is 0 Å². The molecule has 1 heterocycles. The molecule has 0 amide bonds. The maximum Gasteiger partial charge on any atom is 0.224 e. The van der Waals surface area contributed by atoms with Gasteiger partial charge in [0.1, 0.15) is 5.82 Å². The van der Waals surface area contributed by atoms with Crippen LogP contribution in [0.4, 0.5) is 17.5 Å². The number of aryl methyl sites for hydroxylation is 2. The van der Waals surface area contributed by atoms with E-state index in [0.717, 1.165) is 22.8 Å². The first-order valence-electron chi connectivity index (χ1n) is 5.65. The lowest BCUT2D eigenvalue weighted by Crippen LogP contribution is -2.02. The highest BCUT2D eigenvalue weighted by Gasteiger charge is 2.04. The first-order chi connectivity index (χ1) is 8.58. The standard InChI is InChI=1S/C13H15ClN4/c1-8-4-5-11(10(14)6-8)17-12-7-9(2)16-13(15-3)18-12/h4-7H,1-3H3,(H2,15,16,17,18). The molecule has 1 aromatic carbocycles. The summed E-state index contributed by atoms with van der Waals surface area (Å²) in [7, 11) is 1.79. The Labute approximate surface area is 111 Å². The molecule has 0 fully saturated rings. The van der Waals surface area contributed by atoms with E-state index in [2.05, 4.69) is 20.6 Å². The second-order valence-electron chi connectivity index (χ2n) is 4.08. The number of rotatable bonds is 3. The molecule has 1 aromatic heterocycles. The summed E-state index contributed by atoms with van der Waals surface area (Å²) >= 11 is 6.17. The lowest BCUT2D eigenvalue weighted by atomic mass is 10.2. The first-order valence-corrected chi connectivity index (χ1v) is 6.03. The van der Waals surface area contributed by atoms with Gasteiger partial charge in [-0.1, -0.05) is 17.7 Å². The molecule has 0 aliphatic rings. The van der Waals surface area contributed by atoms with Crippen molar-refractivity contribution >= 4 is 29.1 Å². The van der Waals surface area contributed by atoms with Gasteiger partial charge in [-0.2, -0.15) is 4.98 Å². The zero-order valence-electron chi connectivity index (χ0n) is 10.6. The summed E-state index contributed by atoms with van der Waals surface area (Å²) in [6.45, 7) is 3.92. The largest absolute Gasteiger partial charge is 0.357 e. The van der Waals surface area contributed by atoms with E-state index in [0.29, 0.717) is 11.0 Å². The fourth-order valence-electron chi connectivity index (χ4n) is 1.60. The van der Waals surface area contributed by atoms with Crippen LogP contribution in [0.1, 0.15) is 11.3 Å². The quantitative estimate of drug-likeness (QED) is 0.888. The van der Waals surface area contributed by atoms with Crippen molar-refractivity contribution in [2.75, 3.05) is 17.7 Å². The molecule has 2 rings (SSSR count). The van der Waals surface area contributed by atoms with E-state index >= 15 is 0 Å². The lowest BCUT2D eigenvalue weighted by molar-refractivity contribution is 1.10. The third kappa shape index (κ3) is 2.90. The smallest absolute Gasteiger partial charge is 0.224 e. The number of hydrogen-bond acceptors (Lipinski definition) is 4. The van der Waals surface area contributed by atoms with Crippen molar-refractivity contribution < 1.29 is 0 Å². The van der Waals surface area contributed by atoms with Crippen molar-refractivity contribution in [3.05, 3.63) is 40.5 Å². The second kappa shape index (κ2) is 5.23. The molecule has 0 radical (unpaired) electrons. The molecular weight excluding hydrogens is 248 g/mol. The molecule has 0 spiro atoms. The van der Waals surface area contributed by atoms with E-state index in [-0.39, 0.29) is 0 Å². The second-order valence-corrected chi connectivity index (χ2v) is 4.48. The molecule has 4 nitrogen and oxygen atoms in total. The summed E-state index contributed by atoms with van der Waals surface area (Å²) in [5.41, 5.74) is 2.85. The number of anilines is 3. The van der Waals surface area contributed by atoms with Gasteiger partial charge in [-0.15, -0.1) is 0 Å². The Bertz CT molecular complexity index is 569. The van der Waals surface area contributed by atoms with Crippen molar-refractivity contribution in [3.8, 4) is 0 Å². The molecule has 0 aliphatic carbocycles. The number of benzene rings is 1. The van der Waals surface area contributed by atoms with Crippen molar-refractivity contribution in [2.45, 2.75) is 13.8 Å². The Morgan fingerprint density at radius 3 is 2.56 bits per heavy atom. The number of nitrogens with zero attached hydrogens (tertiary/aromatic N) is 2. The van der Waals surface area contributed by atoms with Crippen molar-refractivity contribution in [1.29, 1.82) is 0 Å². The van der Waals surface area contributed by atoms with Gasteiger partial charge < -0.3 is 10.6 Å². The molecule has 94 valence electrons. The Morgan fingerprint density at radius 1 is 1.11 bits per heavy atom. The Hall–Kier alpha value is -1.81. The highest BCUT2D eigenvalue weighted by atomic mass is 35.5. The van der Waals surface area contributed by atoms with Gasteiger partial charge in [0, 0.05) is 18.8 Å². The SMILES string of the molecule is CNc1nc(C)cc(Nc2ccc(C)cc2Cl)n1. The normalized spacial score (nSPS) is 10.2. The summed E-state index contributed by atoms with van der Waals surface area (Å²) in [5, 5.41) is 6.79. The molecule has 0 atom stereocenters. The average Bonchev–Trinajstić information content (AvgIpc) is 2.32. The van der Waals surface area contributed by atoms with E-state index < -0.39 is 0 Å². The highest BCUT2D eigenvalue weighted by Crippen LogP contribution is 2.26. The van der Waals surface area contributed by atoms with Gasteiger partial charge in [-0.3, -0.25) is 0 Å². The number of halogens is 1. The molecule has 5 heteroatoms. The lowest BCUT2D eigenvalue weighted by Gasteiger charge is -2.10. The molecule has 0 bridgehead atoms. The van der Waals surface area contributed by atoms with Crippen LogP contribution in [0, 0.1) is 13.8 Å². The van der Waals surface area contributed by atoms with Gasteiger partial charge in [-0.25, -0.2) is 4.98 Å². The Balaban J connectivity index is 2.30. The van der Waals surface area contributed by atoms with Crippen LogP contribution in [0.3, 0.4) is 0 Å². The maximum atomic E-state index is 6.17. The third-order valence-corrected chi connectivity index (χ3v) is 2.78. The summed E-state index contributed by atoms with van der Waals surface area (Å²) in [5.74, 6) is 1.30. The molecular formula is C13H15ClN4. The number of hydrogen-bond donors (Lipinski definition) is 2. The fraction of sp³-hybridized carbons (Fsp3) is 0.231. The van der Waals surface area contributed by atoms with Crippen LogP contribution >= 0.6 is 11.6 Å². The topological polar surface area (TPSA) is 49.8 Å². The van der Waals surface area contributed by atoms with Crippen molar-refractivity contribution in [1.82, 2.24) is 9.97 Å². The van der Waals surface area contributed by atoms with Crippen LogP contribution in [0.15, 0.2) is 24.3 Å². The summed E-state index contributed by atoms with van der Waals surface area (Å²) in [6, 6.07) is 7.73. The van der Waals surface area contributed by atoms with E-state index in [1.165, 1.54) is 0 Å². The van der Waals surface area contributed by atoms with E-state index in [9.17, 15) is 0 Å². The van der Waals surface area contributed by atoms with Gasteiger partial charge in [0.25, 0.3) is 0 Å². The minimum Gasteiger partial charge on any atom is -0.357 e. The molecule has 2 aromatic rings. The van der Waals surface area contributed by atoms with Crippen LogP contribution in [0.2, 0.25) is 5.02 Å². The van der Waals surface area contributed by atoms with Gasteiger partial charge in [0.2, 0.25) is 5.95 Å². The van der Waals surface area contributed by atoms with E-state index in [1.54, 1.807) is 7.05 Å². The molecule has 0 saturated carbocycles.